The van der Waals surface area contributed by atoms with Crippen molar-refractivity contribution in [1.82, 2.24) is 24.2 Å². The zero-order valence-electron chi connectivity index (χ0n) is 13.3. The van der Waals surface area contributed by atoms with Crippen LogP contribution in [-0.2, 0) is 13.6 Å². The molecule has 1 fully saturated rings. The van der Waals surface area contributed by atoms with Gasteiger partial charge in [-0.3, -0.25) is 14.0 Å². The summed E-state index contributed by atoms with van der Waals surface area (Å²) in [6.45, 7) is 6.10. The molecule has 1 saturated heterocycles. The summed E-state index contributed by atoms with van der Waals surface area (Å²) in [6, 6.07) is 0. The third-order valence-electron chi connectivity index (χ3n) is 4.22. The zero-order valence-corrected chi connectivity index (χ0v) is 14.1. The van der Waals surface area contributed by atoms with E-state index in [9.17, 15) is 4.79 Å². The van der Waals surface area contributed by atoms with Crippen molar-refractivity contribution in [2.24, 2.45) is 7.05 Å². The van der Waals surface area contributed by atoms with Crippen molar-refractivity contribution in [3.8, 4) is 0 Å². The average Bonchev–Trinajstić information content (AvgIpc) is 2.90. The van der Waals surface area contributed by atoms with Crippen LogP contribution in [0, 0.1) is 0 Å². The third kappa shape index (κ3) is 3.05. The fraction of sp³-hybridized carbons (Fsp3) is 0.667. The van der Waals surface area contributed by atoms with Gasteiger partial charge in [0.05, 0.1) is 6.20 Å². The van der Waals surface area contributed by atoms with Gasteiger partial charge in [-0.15, -0.1) is 0 Å². The maximum Gasteiger partial charge on any atom is 0.280 e. The summed E-state index contributed by atoms with van der Waals surface area (Å²) in [5, 5.41) is 4.96. The van der Waals surface area contributed by atoms with Crippen LogP contribution >= 0.6 is 11.8 Å². The van der Waals surface area contributed by atoms with Crippen molar-refractivity contribution in [1.29, 1.82) is 0 Å². The molecule has 2 aromatic rings. The van der Waals surface area contributed by atoms with Gasteiger partial charge >= 0.3 is 0 Å². The molecule has 0 unspecified atom stereocenters. The molecule has 6 nitrogen and oxygen atoms in total. The van der Waals surface area contributed by atoms with Crippen molar-refractivity contribution in [2.45, 2.75) is 37.9 Å². The molecule has 1 aliphatic heterocycles. The van der Waals surface area contributed by atoms with E-state index in [0.29, 0.717) is 17.6 Å². The highest BCUT2D eigenvalue weighted by Crippen LogP contribution is 2.18. The van der Waals surface area contributed by atoms with E-state index in [1.807, 2.05) is 6.92 Å². The number of likely N-dealkylation sites (tertiary alicyclic amines) is 1. The Kier molecular flexibility index (Phi) is 4.83. The fourth-order valence-corrected chi connectivity index (χ4v) is 4.03. The first-order valence-electron chi connectivity index (χ1n) is 7.98. The molecule has 2 aromatic heterocycles. The Labute approximate surface area is 134 Å². The van der Waals surface area contributed by atoms with Crippen LogP contribution in [0.15, 0.2) is 16.1 Å². The van der Waals surface area contributed by atoms with Gasteiger partial charge in [-0.1, -0.05) is 18.2 Å². The predicted molar refractivity (Wildman–Crippen MR) is 89.5 cm³/mol. The molecular weight excluding hydrogens is 298 g/mol. The summed E-state index contributed by atoms with van der Waals surface area (Å²) in [6.07, 6.45) is 5.65. The predicted octanol–water partition coefficient (Wildman–Crippen LogP) is 1.73. The second kappa shape index (κ2) is 6.83. The molecule has 0 aliphatic carbocycles. The van der Waals surface area contributed by atoms with Gasteiger partial charge in [0.1, 0.15) is 5.52 Å². The van der Waals surface area contributed by atoms with E-state index in [2.05, 4.69) is 15.0 Å². The second-order valence-electron chi connectivity index (χ2n) is 5.70. The van der Waals surface area contributed by atoms with Crippen LogP contribution in [-0.4, -0.2) is 49.6 Å². The lowest BCUT2D eigenvalue weighted by Crippen LogP contribution is -2.31. The summed E-state index contributed by atoms with van der Waals surface area (Å²) in [7, 11) is 1.79. The van der Waals surface area contributed by atoms with E-state index in [0.717, 1.165) is 17.5 Å². The lowest BCUT2D eigenvalue weighted by atomic mass is 10.1. The van der Waals surface area contributed by atoms with Crippen LogP contribution in [0.4, 0.5) is 0 Å². The molecule has 0 aromatic carbocycles. The van der Waals surface area contributed by atoms with E-state index in [1.165, 1.54) is 32.4 Å². The molecular formula is C15H23N5OS. The lowest BCUT2D eigenvalue weighted by Gasteiger charge is -2.26. The average molecular weight is 321 g/mol. The summed E-state index contributed by atoms with van der Waals surface area (Å²) >= 11 is 1.68. The van der Waals surface area contributed by atoms with Gasteiger partial charge in [0.15, 0.2) is 10.7 Å². The molecule has 0 atom stereocenters. The van der Waals surface area contributed by atoms with Crippen molar-refractivity contribution in [3.63, 3.8) is 0 Å². The van der Waals surface area contributed by atoms with E-state index in [-0.39, 0.29) is 5.56 Å². The summed E-state index contributed by atoms with van der Waals surface area (Å²) in [5.74, 6) is 0.970. The first-order chi connectivity index (χ1) is 10.7. The SMILES string of the molecule is CCn1c(SCCN2CCCCC2)nc2cnn(C)c2c1=O. The Bertz CT molecular complexity index is 702. The van der Waals surface area contributed by atoms with Crippen LogP contribution in [0.1, 0.15) is 26.2 Å². The summed E-state index contributed by atoms with van der Waals surface area (Å²) < 4.78 is 3.36. The molecule has 0 bridgehead atoms. The first kappa shape index (κ1) is 15.6. The summed E-state index contributed by atoms with van der Waals surface area (Å²) in [5.41, 5.74) is 1.29. The number of hydrogen-bond donors (Lipinski definition) is 0. The maximum atomic E-state index is 12.6. The lowest BCUT2D eigenvalue weighted by molar-refractivity contribution is 0.242. The minimum Gasteiger partial charge on any atom is -0.303 e. The largest absolute Gasteiger partial charge is 0.303 e. The third-order valence-corrected chi connectivity index (χ3v) is 5.17. The Morgan fingerprint density at radius 3 is 2.77 bits per heavy atom. The smallest absolute Gasteiger partial charge is 0.280 e. The Morgan fingerprint density at radius 2 is 2.05 bits per heavy atom. The number of thioether (sulfide) groups is 1. The van der Waals surface area contributed by atoms with Gasteiger partial charge < -0.3 is 4.90 Å². The van der Waals surface area contributed by atoms with E-state index >= 15 is 0 Å². The molecule has 0 N–H and O–H groups in total. The van der Waals surface area contributed by atoms with Gasteiger partial charge in [0.2, 0.25) is 0 Å². The maximum absolute atomic E-state index is 12.6. The molecule has 0 amide bonds. The van der Waals surface area contributed by atoms with Crippen molar-refractivity contribution >= 4 is 22.8 Å². The number of fused-ring (bicyclic) bond motifs is 1. The molecule has 1 aliphatic rings. The van der Waals surface area contributed by atoms with Crippen molar-refractivity contribution in [3.05, 3.63) is 16.6 Å². The van der Waals surface area contributed by atoms with E-state index < -0.39 is 0 Å². The van der Waals surface area contributed by atoms with Crippen LogP contribution in [0.5, 0.6) is 0 Å². The van der Waals surface area contributed by atoms with Gasteiger partial charge in [-0.05, 0) is 32.9 Å². The number of aryl methyl sites for hydroxylation is 1. The molecule has 22 heavy (non-hydrogen) atoms. The fourth-order valence-electron chi connectivity index (χ4n) is 2.97. The molecule has 120 valence electrons. The molecule has 7 heteroatoms. The van der Waals surface area contributed by atoms with Crippen LogP contribution in [0.3, 0.4) is 0 Å². The number of hydrogen-bond acceptors (Lipinski definition) is 5. The van der Waals surface area contributed by atoms with Gasteiger partial charge in [-0.25, -0.2) is 4.98 Å². The number of rotatable bonds is 5. The van der Waals surface area contributed by atoms with Gasteiger partial charge in [0.25, 0.3) is 5.56 Å². The highest BCUT2D eigenvalue weighted by Gasteiger charge is 2.15. The monoisotopic (exact) mass is 321 g/mol. The zero-order chi connectivity index (χ0) is 15.5. The standard InChI is InChI=1S/C15H23N5OS/c1-3-20-14(21)13-12(11-16-18(13)2)17-15(20)22-10-9-19-7-5-4-6-8-19/h11H,3-10H2,1-2H3. The molecule has 0 saturated carbocycles. The first-order valence-corrected chi connectivity index (χ1v) is 8.97. The highest BCUT2D eigenvalue weighted by atomic mass is 32.2. The van der Waals surface area contributed by atoms with E-state index in [1.54, 1.807) is 34.3 Å². The van der Waals surface area contributed by atoms with Crippen LogP contribution in [0.2, 0.25) is 0 Å². The minimum atomic E-state index is 0.00738. The van der Waals surface area contributed by atoms with Crippen molar-refractivity contribution in [2.75, 3.05) is 25.4 Å². The normalized spacial score (nSPS) is 16.5. The van der Waals surface area contributed by atoms with Gasteiger partial charge in [-0.2, -0.15) is 5.10 Å². The minimum absolute atomic E-state index is 0.00738. The van der Waals surface area contributed by atoms with Crippen molar-refractivity contribution < 1.29 is 0 Å². The van der Waals surface area contributed by atoms with Crippen LogP contribution in [0.25, 0.3) is 11.0 Å². The van der Waals surface area contributed by atoms with Gasteiger partial charge in [0, 0.05) is 25.9 Å². The summed E-state index contributed by atoms with van der Waals surface area (Å²) in [4.78, 5) is 19.7. The molecule has 0 radical (unpaired) electrons. The van der Waals surface area contributed by atoms with E-state index in [4.69, 9.17) is 0 Å². The Balaban J connectivity index is 1.76. The molecule has 3 heterocycles. The molecule has 0 spiro atoms. The quantitative estimate of drug-likeness (QED) is 0.620. The second-order valence-corrected chi connectivity index (χ2v) is 6.76. The number of nitrogens with zero attached hydrogens (tertiary/aromatic N) is 5. The number of piperidine rings is 1. The molecule has 3 rings (SSSR count). The highest BCUT2D eigenvalue weighted by molar-refractivity contribution is 7.99. The Hall–Kier alpha value is -1.34. The van der Waals surface area contributed by atoms with Crippen LogP contribution < -0.4 is 5.56 Å². The Morgan fingerprint density at radius 1 is 1.27 bits per heavy atom. The number of aromatic nitrogens is 4. The topological polar surface area (TPSA) is 56.0 Å².